The van der Waals surface area contributed by atoms with E-state index in [4.69, 9.17) is 9.47 Å². The zero-order valence-corrected chi connectivity index (χ0v) is 19.4. The first-order chi connectivity index (χ1) is 17.4. The smallest absolute Gasteiger partial charge is 0.337 e. The number of rotatable bonds is 12. The fourth-order valence-electron chi connectivity index (χ4n) is 3.08. The van der Waals surface area contributed by atoms with Crippen LogP contribution in [0.3, 0.4) is 0 Å². The van der Waals surface area contributed by atoms with E-state index in [-0.39, 0.29) is 30.3 Å². The molecule has 12 heteroatoms. The summed E-state index contributed by atoms with van der Waals surface area (Å²) in [7, 11) is 0. The van der Waals surface area contributed by atoms with Crippen LogP contribution in [-0.4, -0.2) is 42.1 Å². The van der Waals surface area contributed by atoms with E-state index in [0.717, 1.165) is 5.69 Å². The Balaban J connectivity index is 1.44. The molecule has 36 heavy (non-hydrogen) atoms. The van der Waals surface area contributed by atoms with Gasteiger partial charge in [0.25, 0.3) is 11.4 Å². The standard InChI is InChI=1S/C24H23N5O7/c1-2-27(15-16-35-17-24(30)36-23-13-11-22(12-14-23)29(33)34)20-7-3-18(4-8-20)25-26-19-5-9-21(10-6-19)28(31)32/h3-14H,2,15-17H2,1H3. The normalized spacial score (nSPS) is 10.8. The first-order valence-electron chi connectivity index (χ1n) is 10.9. The molecule has 3 rings (SSSR count). The number of hydrogen-bond donors (Lipinski definition) is 0. The minimum absolute atomic E-state index is 0.0108. The highest BCUT2D eigenvalue weighted by Gasteiger charge is 2.10. The third kappa shape index (κ3) is 7.67. The van der Waals surface area contributed by atoms with E-state index in [2.05, 4.69) is 15.1 Å². The Morgan fingerprint density at radius 3 is 1.83 bits per heavy atom. The van der Waals surface area contributed by atoms with E-state index in [0.29, 0.717) is 24.5 Å². The van der Waals surface area contributed by atoms with Crippen LogP contribution < -0.4 is 9.64 Å². The van der Waals surface area contributed by atoms with Gasteiger partial charge in [-0.2, -0.15) is 10.2 Å². The molecule has 0 radical (unpaired) electrons. The summed E-state index contributed by atoms with van der Waals surface area (Å²) in [5, 5.41) is 29.6. The van der Waals surface area contributed by atoms with Gasteiger partial charge in [0.1, 0.15) is 12.4 Å². The number of nitro groups is 2. The van der Waals surface area contributed by atoms with Crippen molar-refractivity contribution >= 4 is 34.4 Å². The topological polar surface area (TPSA) is 150 Å². The fourth-order valence-corrected chi connectivity index (χ4v) is 3.08. The van der Waals surface area contributed by atoms with Gasteiger partial charge in [-0.25, -0.2) is 4.79 Å². The zero-order chi connectivity index (χ0) is 25.9. The lowest BCUT2D eigenvalue weighted by Crippen LogP contribution is -2.28. The second kappa shape index (κ2) is 12.7. The molecular weight excluding hydrogens is 470 g/mol. The summed E-state index contributed by atoms with van der Waals surface area (Å²) in [5.41, 5.74) is 1.96. The third-order valence-corrected chi connectivity index (χ3v) is 4.94. The van der Waals surface area contributed by atoms with Crippen molar-refractivity contribution in [2.75, 3.05) is 31.2 Å². The van der Waals surface area contributed by atoms with Gasteiger partial charge in [0.2, 0.25) is 0 Å². The van der Waals surface area contributed by atoms with Gasteiger partial charge in [-0.05, 0) is 55.5 Å². The summed E-state index contributed by atoms with van der Waals surface area (Å²) >= 11 is 0. The molecule has 0 atom stereocenters. The van der Waals surface area contributed by atoms with Crippen molar-refractivity contribution in [1.29, 1.82) is 0 Å². The number of likely N-dealkylation sites (N-methyl/N-ethyl adjacent to an activating group) is 1. The van der Waals surface area contributed by atoms with Gasteiger partial charge in [0.15, 0.2) is 0 Å². The Labute approximate surface area is 206 Å². The highest BCUT2D eigenvalue weighted by Crippen LogP contribution is 2.24. The minimum atomic E-state index is -0.602. The zero-order valence-electron chi connectivity index (χ0n) is 19.4. The molecule has 0 aromatic heterocycles. The summed E-state index contributed by atoms with van der Waals surface area (Å²) in [6.45, 7) is 3.26. The van der Waals surface area contributed by atoms with Gasteiger partial charge in [-0.3, -0.25) is 20.2 Å². The molecule has 0 heterocycles. The first-order valence-corrected chi connectivity index (χ1v) is 10.9. The molecule has 0 unspecified atom stereocenters. The van der Waals surface area contributed by atoms with E-state index in [1.165, 1.54) is 48.5 Å². The van der Waals surface area contributed by atoms with E-state index < -0.39 is 15.8 Å². The lowest BCUT2D eigenvalue weighted by Gasteiger charge is -2.23. The van der Waals surface area contributed by atoms with E-state index in [1.807, 2.05) is 19.1 Å². The molecule has 186 valence electrons. The maximum Gasteiger partial charge on any atom is 0.337 e. The highest BCUT2D eigenvalue weighted by molar-refractivity contribution is 5.73. The number of benzene rings is 3. The molecule has 0 aliphatic carbocycles. The molecule has 0 saturated heterocycles. The van der Waals surface area contributed by atoms with Crippen LogP contribution in [0.5, 0.6) is 5.75 Å². The molecule has 3 aromatic rings. The van der Waals surface area contributed by atoms with Crippen molar-refractivity contribution in [3.05, 3.63) is 93.0 Å². The predicted molar refractivity (Wildman–Crippen MR) is 131 cm³/mol. The van der Waals surface area contributed by atoms with Gasteiger partial charge < -0.3 is 14.4 Å². The number of carbonyl (C=O) groups excluding carboxylic acids is 1. The Bertz CT molecular complexity index is 1210. The predicted octanol–water partition coefficient (Wildman–Crippen LogP) is 5.37. The van der Waals surface area contributed by atoms with Gasteiger partial charge in [-0.15, -0.1) is 0 Å². The molecular formula is C24H23N5O7. The summed E-state index contributed by atoms with van der Waals surface area (Å²) < 4.78 is 10.5. The van der Waals surface area contributed by atoms with Crippen LogP contribution in [0.1, 0.15) is 6.92 Å². The van der Waals surface area contributed by atoms with E-state index in [9.17, 15) is 25.0 Å². The third-order valence-electron chi connectivity index (χ3n) is 4.94. The van der Waals surface area contributed by atoms with Crippen molar-refractivity contribution < 1.29 is 24.1 Å². The van der Waals surface area contributed by atoms with Crippen molar-refractivity contribution in [1.82, 2.24) is 0 Å². The number of nitrogens with zero attached hydrogens (tertiary/aromatic N) is 5. The van der Waals surface area contributed by atoms with Gasteiger partial charge in [0, 0.05) is 43.0 Å². The van der Waals surface area contributed by atoms with Gasteiger partial charge in [-0.1, -0.05) is 0 Å². The van der Waals surface area contributed by atoms with Gasteiger partial charge >= 0.3 is 5.97 Å². The molecule has 0 aliphatic rings. The number of carbonyl (C=O) groups is 1. The summed E-state index contributed by atoms with van der Waals surface area (Å²) in [5.74, 6) is -0.398. The number of azo groups is 1. The van der Waals surface area contributed by atoms with Crippen molar-refractivity contribution in [3.63, 3.8) is 0 Å². The Morgan fingerprint density at radius 2 is 1.33 bits per heavy atom. The van der Waals surface area contributed by atoms with Crippen molar-refractivity contribution in [2.24, 2.45) is 10.2 Å². The first kappa shape index (κ1) is 25.9. The minimum Gasteiger partial charge on any atom is -0.425 e. The van der Waals surface area contributed by atoms with Crippen LogP contribution in [0.15, 0.2) is 83.0 Å². The van der Waals surface area contributed by atoms with Crippen LogP contribution in [0.25, 0.3) is 0 Å². The summed E-state index contributed by atoms with van der Waals surface area (Å²) in [6.07, 6.45) is 0. The van der Waals surface area contributed by atoms with Crippen molar-refractivity contribution in [3.8, 4) is 5.75 Å². The molecule has 0 aliphatic heterocycles. The second-order valence-electron chi connectivity index (χ2n) is 7.35. The molecule has 0 spiro atoms. The molecule has 0 saturated carbocycles. The number of esters is 1. The number of hydrogen-bond acceptors (Lipinski definition) is 10. The number of non-ortho nitro benzene ring substituents is 2. The molecule has 0 amide bonds. The Kier molecular flexibility index (Phi) is 9.12. The largest absolute Gasteiger partial charge is 0.425 e. The number of anilines is 1. The van der Waals surface area contributed by atoms with E-state index in [1.54, 1.807) is 12.1 Å². The van der Waals surface area contributed by atoms with Crippen LogP contribution in [0, 0.1) is 20.2 Å². The lowest BCUT2D eigenvalue weighted by atomic mass is 10.2. The Morgan fingerprint density at radius 1 is 0.833 bits per heavy atom. The van der Waals surface area contributed by atoms with Crippen LogP contribution in [0.2, 0.25) is 0 Å². The van der Waals surface area contributed by atoms with Gasteiger partial charge in [0.05, 0.1) is 27.8 Å². The van der Waals surface area contributed by atoms with Crippen LogP contribution in [0.4, 0.5) is 28.4 Å². The van der Waals surface area contributed by atoms with Crippen LogP contribution in [-0.2, 0) is 9.53 Å². The molecule has 0 N–H and O–H groups in total. The monoisotopic (exact) mass is 493 g/mol. The lowest BCUT2D eigenvalue weighted by molar-refractivity contribution is -0.385. The second-order valence-corrected chi connectivity index (χ2v) is 7.35. The quantitative estimate of drug-likeness (QED) is 0.0816. The van der Waals surface area contributed by atoms with Crippen molar-refractivity contribution in [2.45, 2.75) is 6.92 Å². The molecule has 12 nitrogen and oxygen atoms in total. The van der Waals surface area contributed by atoms with Crippen LogP contribution >= 0.6 is 0 Å². The maximum atomic E-state index is 11.9. The summed E-state index contributed by atoms with van der Waals surface area (Å²) in [4.78, 5) is 34.3. The SMILES string of the molecule is CCN(CCOCC(=O)Oc1ccc([N+](=O)[O-])cc1)c1ccc(N=Nc2ccc([N+](=O)[O-])cc2)cc1. The fraction of sp³-hybridized carbons (Fsp3) is 0.208. The number of ether oxygens (including phenoxy) is 2. The Hall–Kier alpha value is -4.71. The average Bonchev–Trinajstić information content (AvgIpc) is 2.88. The maximum absolute atomic E-state index is 11.9. The van der Waals surface area contributed by atoms with E-state index >= 15 is 0 Å². The molecule has 0 fully saturated rings. The molecule has 0 bridgehead atoms. The summed E-state index contributed by atoms with van der Waals surface area (Å²) in [6, 6.07) is 18.4. The molecule has 3 aromatic carbocycles. The number of nitro benzene ring substituents is 2. The highest BCUT2D eigenvalue weighted by atomic mass is 16.6. The average molecular weight is 493 g/mol.